The van der Waals surface area contributed by atoms with Crippen LogP contribution < -0.4 is 0 Å². The number of phenolic OH excluding ortho intramolecular Hbond substituents is 1. The lowest BCUT2D eigenvalue weighted by Crippen LogP contribution is -2.32. The molecule has 2 aromatic rings. The van der Waals surface area contributed by atoms with Crippen LogP contribution in [0.5, 0.6) is 5.75 Å². The molecular formula is C44H55FO11. The number of cyclic esters (lactones) is 2. The highest BCUT2D eigenvalue weighted by atomic mass is 19.0. The fraction of sp³-hybridized carbons (Fsp3) is 0.455. The summed E-state index contributed by atoms with van der Waals surface area (Å²) in [5, 5.41) is 30.1. The zero-order valence-corrected chi connectivity index (χ0v) is 33.5. The highest BCUT2D eigenvalue weighted by molar-refractivity contribution is 5.98. The number of rotatable bonds is 0. The van der Waals surface area contributed by atoms with Crippen LogP contribution in [-0.2, 0) is 28.5 Å². The molecule has 12 heteroatoms. The number of hydrogen-bond acceptors (Lipinski definition) is 11. The first-order chi connectivity index (χ1) is 25.8. The van der Waals surface area contributed by atoms with Crippen LogP contribution in [0.1, 0.15) is 103 Å². The first-order valence-corrected chi connectivity index (χ1v) is 18.6. The molecule has 11 nitrogen and oxygen atoms in total. The van der Waals surface area contributed by atoms with Crippen molar-refractivity contribution in [2.24, 2.45) is 11.8 Å². The van der Waals surface area contributed by atoms with E-state index in [-0.39, 0.29) is 58.2 Å². The van der Waals surface area contributed by atoms with Crippen molar-refractivity contribution in [2.75, 3.05) is 0 Å². The Bertz CT molecular complexity index is 1890. The van der Waals surface area contributed by atoms with Gasteiger partial charge < -0.3 is 34.3 Å². The van der Waals surface area contributed by atoms with E-state index in [1.54, 1.807) is 39.0 Å². The summed E-state index contributed by atoms with van der Waals surface area (Å²) in [5.41, 5.74) is 4.56. The largest absolute Gasteiger partial charge is 0.507 e. The summed E-state index contributed by atoms with van der Waals surface area (Å²) in [7, 11) is 0. The molecule has 0 saturated carbocycles. The Balaban J connectivity index is 0.000000297. The molecule has 304 valence electrons. The van der Waals surface area contributed by atoms with E-state index in [0.29, 0.717) is 17.5 Å². The Morgan fingerprint density at radius 2 is 1.16 bits per heavy atom. The van der Waals surface area contributed by atoms with Gasteiger partial charge in [0.25, 0.3) is 0 Å². The van der Waals surface area contributed by atoms with E-state index in [2.05, 4.69) is 0 Å². The average Bonchev–Trinajstić information content (AvgIpc) is 3.41. The Kier molecular flexibility index (Phi) is 15.8. The van der Waals surface area contributed by atoms with Crippen LogP contribution in [0.25, 0.3) is 12.2 Å². The van der Waals surface area contributed by atoms with Gasteiger partial charge in [0.15, 0.2) is 17.4 Å². The summed E-state index contributed by atoms with van der Waals surface area (Å²) < 4.78 is 23.0. The monoisotopic (exact) mass is 778 g/mol. The summed E-state index contributed by atoms with van der Waals surface area (Å²) in [6.45, 7) is 16.5. The average molecular weight is 779 g/mol. The normalized spacial score (nSPS) is 30.5. The van der Waals surface area contributed by atoms with E-state index in [0.717, 1.165) is 22.3 Å². The maximum absolute atomic E-state index is 12.9. The molecule has 2 unspecified atom stereocenters. The molecule has 3 N–H and O–H groups in total. The Morgan fingerprint density at radius 1 is 0.661 bits per heavy atom. The van der Waals surface area contributed by atoms with Crippen LogP contribution in [0.2, 0.25) is 0 Å². The first-order valence-electron chi connectivity index (χ1n) is 18.6. The molecule has 56 heavy (non-hydrogen) atoms. The second-order valence-corrected chi connectivity index (χ2v) is 15.1. The van der Waals surface area contributed by atoms with E-state index in [1.807, 2.05) is 65.8 Å². The lowest BCUT2D eigenvalue weighted by Gasteiger charge is -2.20. The molecule has 8 atom stereocenters. The van der Waals surface area contributed by atoms with Crippen molar-refractivity contribution in [3.05, 3.63) is 99.7 Å². The molecule has 1 fully saturated rings. The number of aromatic hydroxyl groups is 1. The molecule has 2 aromatic carbocycles. The number of fused-ring (bicyclic) bond motifs is 3. The van der Waals surface area contributed by atoms with Gasteiger partial charge in [0, 0.05) is 11.8 Å². The minimum Gasteiger partial charge on any atom is -0.507 e. The van der Waals surface area contributed by atoms with E-state index < -0.39 is 42.0 Å². The van der Waals surface area contributed by atoms with Gasteiger partial charge in [-0.3, -0.25) is 14.3 Å². The summed E-state index contributed by atoms with van der Waals surface area (Å²) in [6, 6.07) is 7.14. The quantitative estimate of drug-likeness (QED) is 0.240. The maximum atomic E-state index is 12.9. The second kappa shape index (κ2) is 19.4. The molecule has 1 saturated heterocycles. The highest BCUT2D eigenvalue weighted by Gasteiger charge is 2.43. The van der Waals surface area contributed by atoms with Crippen LogP contribution >= 0.6 is 0 Å². The van der Waals surface area contributed by atoms with Gasteiger partial charge in [0.1, 0.15) is 35.7 Å². The summed E-state index contributed by atoms with van der Waals surface area (Å²) in [6.07, 6.45) is 8.67. The van der Waals surface area contributed by atoms with E-state index >= 15 is 0 Å². The first kappa shape index (κ1) is 45.6. The van der Waals surface area contributed by atoms with Crippen LogP contribution in [0.3, 0.4) is 0 Å². The molecular weight excluding hydrogens is 723 g/mol. The molecule has 3 aliphatic heterocycles. The number of carbonyl (C=O) groups excluding carboxylic acids is 4. The molecule has 0 radical (unpaired) electrons. The third kappa shape index (κ3) is 11.6. The summed E-state index contributed by atoms with van der Waals surface area (Å²) in [4.78, 5) is 50.1. The SMILES string of the molecule is Cc1cc(C)c2c(c1)/C=C/C[C@@H]1OC(C)(C)OC1C(=O)/C=C\[C@@H](C)[C@H](C)OC2=O.Cc1cc(O)c2c(c1)/C=C/C[C@H](O)C(O)C(=O)/C=C\[C@@H](C)[C@H](C)OC2=O.F. The van der Waals surface area contributed by atoms with Crippen molar-refractivity contribution in [1.82, 2.24) is 0 Å². The van der Waals surface area contributed by atoms with Gasteiger partial charge in [-0.05, 0) is 102 Å². The number of ether oxygens (including phenoxy) is 4. The minimum atomic E-state index is -1.53. The molecule has 0 bridgehead atoms. The number of aryl methyl sites for hydroxylation is 3. The molecule has 3 heterocycles. The molecule has 5 rings (SSSR count). The van der Waals surface area contributed by atoms with Gasteiger partial charge in [0.2, 0.25) is 0 Å². The Hall–Kier alpha value is -4.75. The summed E-state index contributed by atoms with van der Waals surface area (Å²) >= 11 is 0. The van der Waals surface area contributed by atoms with Gasteiger partial charge >= 0.3 is 11.9 Å². The van der Waals surface area contributed by atoms with Crippen LogP contribution in [0.15, 0.2) is 60.7 Å². The number of ketones is 2. The maximum Gasteiger partial charge on any atom is 0.342 e. The topological polar surface area (TPSA) is 166 Å². The van der Waals surface area contributed by atoms with Crippen LogP contribution in [0.4, 0.5) is 4.70 Å². The molecule has 0 amide bonds. The number of aliphatic hydroxyl groups excluding tert-OH is 2. The lowest BCUT2D eigenvalue weighted by molar-refractivity contribution is -0.152. The lowest BCUT2D eigenvalue weighted by atomic mass is 9.96. The number of aliphatic hydroxyl groups is 2. The molecule has 3 aliphatic rings. The molecule has 0 aliphatic carbocycles. The zero-order valence-electron chi connectivity index (χ0n) is 33.5. The van der Waals surface area contributed by atoms with Gasteiger partial charge in [-0.25, -0.2) is 9.59 Å². The van der Waals surface area contributed by atoms with Gasteiger partial charge in [0.05, 0.1) is 17.8 Å². The fourth-order valence-corrected chi connectivity index (χ4v) is 6.46. The third-order valence-corrected chi connectivity index (χ3v) is 9.87. The van der Waals surface area contributed by atoms with Crippen molar-refractivity contribution >= 4 is 35.7 Å². The fourth-order valence-electron chi connectivity index (χ4n) is 6.46. The Labute approximate surface area is 328 Å². The van der Waals surface area contributed by atoms with Crippen LogP contribution in [-0.4, -0.2) is 81.2 Å². The number of carbonyl (C=O) groups is 4. The predicted molar refractivity (Wildman–Crippen MR) is 211 cm³/mol. The minimum absolute atomic E-state index is 0. The second-order valence-electron chi connectivity index (χ2n) is 15.1. The summed E-state index contributed by atoms with van der Waals surface area (Å²) in [5.74, 6) is -3.19. The van der Waals surface area contributed by atoms with Crippen LogP contribution in [0, 0.1) is 32.6 Å². The van der Waals surface area contributed by atoms with Gasteiger partial charge in [-0.15, -0.1) is 0 Å². The number of halogens is 1. The zero-order chi connectivity index (χ0) is 40.8. The van der Waals surface area contributed by atoms with E-state index in [9.17, 15) is 34.5 Å². The van der Waals surface area contributed by atoms with E-state index in [4.69, 9.17) is 18.9 Å². The number of benzene rings is 2. The standard InChI is InChI=1S/C24H30O5.C20H24O6.FH/c1-14-12-16(3)21-18(13-14)8-7-9-20-22(29-24(5,6)28-20)19(25)11-10-15(2)17(4)27-23(21)26;1-11-9-14-5-4-6-15(21)19(24)16(22)8-7-12(2)13(3)26-20(25)18(14)17(23)10-11;/h7-8,10-13,15,17,20,22H,9H2,1-6H3;4-5,7-10,12-13,15,19,21,23-24H,6H2,1-3H3;1H/b8-7+,11-10-;5-4+,8-7-;/t15-,17+,20+,22?;12-,13+,15+,19?;/m11./s1. The van der Waals surface area contributed by atoms with Crippen molar-refractivity contribution in [3.8, 4) is 5.75 Å². The number of hydrogen-bond donors (Lipinski definition) is 3. The van der Waals surface area contributed by atoms with Crippen molar-refractivity contribution < 1.29 is 58.1 Å². The van der Waals surface area contributed by atoms with Crippen molar-refractivity contribution in [1.29, 1.82) is 0 Å². The van der Waals surface area contributed by atoms with Gasteiger partial charge in [-0.1, -0.05) is 74.1 Å². The Morgan fingerprint density at radius 3 is 1.75 bits per heavy atom. The van der Waals surface area contributed by atoms with Crippen molar-refractivity contribution in [2.45, 2.75) is 118 Å². The van der Waals surface area contributed by atoms with Gasteiger partial charge in [-0.2, -0.15) is 0 Å². The number of esters is 2. The highest BCUT2D eigenvalue weighted by Crippen LogP contribution is 2.32. The predicted octanol–water partition coefficient (Wildman–Crippen LogP) is 6.85. The molecule has 0 spiro atoms. The van der Waals surface area contributed by atoms with Crippen molar-refractivity contribution in [3.63, 3.8) is 0 Å². The third-order valence-electron chi connectivity index (χ3n) is 9.87. The molecule has 0 aromatic heterocycles. The van der Waals surface area contributed by atoms with E-state index in [1.165, 1.54) is 30.4 Å². The number of phenols is 1. The smallest absolute Gasteiger partial charge is 0.342 e.